The van der Waals surface area contributed by atoms with Crippen molar-refractivity contribution in [1.82, 2.24) is 19.1 Å². The van der Waals surface area contributed by atoms with Crippen molar-refractivity contribution in [2.45, 2.75) is 61.2 Å². The molecule has 0 spiro atoms. The maximum atomic E-state index is 5.28. The van der Waals surface area contributed by atoms with Crippen LogP contribution in [0.15, 0.2) is 54.2 Å². The van der Waals surface area contributed by atoms with Gasteiger partial charge in [-0.25, -0.2) is 9.97 Å². The van der Waals surface area contributed by atoms with Crippen LogP contribution >= 0.6 is 0 Å². The Kier molecular flexibility index (Phi) is 37.9. The van der Waals surface area contributed by atoms with Crippen molar-refractivity contribution in [3.63, 3.8) is 0 Å². The fraction of sp³-hybridized carbons (Fsp3) is 0.667. The van der Waals surface area contributed by atoms with Crippen LogP contribution in [-0.4, -0.2) is 86.3 Å². The van der Waals surface area contributed by atoms with Gasteiger partial charge in [0.05, 0.1) is 52.3 Å². The minimum Gasteiger partial charge on any atom is -0.383 e. The monoisotopic (exact) mass is 527 g/mol. The zero-order valence-corrected chi connectivity index (χ0v) is 24.8. The van der Waals surface area contributed by atoms with Gasteiger partial charge in [-0.3, -0.25) is 4.99 Å². The topological polar surface area (TPSA) is 94.1 Å². The molecule has 10 heteroatoms. The van der Waals surface area contributed by atoms with Crippen LogP contribution in [-0.2, 0) is 37.0 Å². The van der Waals surface area contributed by atoms with Gasteiger partial charge in [-0.1, -0.05) is 41.5 Å². The van der Waals surface area contributed by atoms with E-state index in [9.17, 15) is 0 Å². The summed E-state index contributed by atoms with van der Waals surface area (Å²) < 4.78 is 28.8. The molecule has 0 atom stereocenters. The second-order valence-electron chi connectivity index (χ2n) is 6.27. The molecule has 3 rings (SSSR count). The Morgan fingerprint density at radius 3 is 1.70 bits per heavy atom. The molecule has 37 heavy (non-hydrogen) atoms. The van der Waals surface area contributed by atoms with E-state index in [1.54, 1.807) is 46.4 Å². The summed E-state index contributed by atoms with van der Waals surface area (Å²) in [4.78, 5) is 11.7. The second kappa shape index (κ2) is 35.8. The average Bonchev–Trinajstić information content (AvgIpc) is 3.77. The molecule has 0 N–H and O–H groups in total. The lowest BCUT2D eigenvalue weighted by molar-refractivity contribution is 0.0341. The normalized spacial score (nSPS) is 10.6. The van der Waals surface area contributed by atoms with Crippen LogP contribution in [0, 0.1) is 0 Å². The quantitative estimate of drug-likeness (QED) is 0.334. The van der Waals surface area contributed by atoms with E-state index in [1.165, 1.54) is 5.57 Å². The molecule has 2 aromatic heterocycles. The molecule has 10 nitrogen and oxygen atoms in total. The molecule has 1 aliphatic heterocycles. The van der Waals surface area contributed by atoms with Gasteiger partial charge in [0.15, 0.2) is 0 Å². The first-order valence-corrected chi connectivity index (χ1v) is 13.0. The summed E-state index contributed by atoms with van der Waals surface area (Å²) >= 11 is 0. The number of rotatable bonds is 13. The van der Waals surface area contributed by atoms with E-state index in [2.05, 4.69) is 15.0 Å². The maximum absolute atomic E-state index is 5.28. The molecule has 0 aliphatic carbocycles. The fourth-order valence-corrected chi connectivity index (χ4v) is 2.11. The molecule has 0 aromatic carbocycles. The van der Waals surface area contributed by atoms with Crippen molar-refractivity contribution >= 4 is 6.21 Å². The number of imidazole rings is 2. The smallest absolute Gasteiger partial charge is 0.123 e. The Morgan fingerprint density at radius 2 is 1.24 bits per heavy atom. The van der Waals surface area contributed by atoms with Crippen molar-refractivity contribution in [1.29, 1.82) is 0 Å². The Hall–Kier alpha value is -2.37. The van der Waals surface area contributed by atoms with Crippen LogP contribution < -0.4 is 0 Å². The standard InChI is InChI=1S/C8H13NO2.C7H12N2O2.C6H10N2O.3C2H6/c1-10-4-5-11-7-8-2-3-9-6-8;1-10-4-5-11-7-9-3-2-8-6-9;1-9-5-4-8-3-2-7-6-8;3*1-2/h3,6H,2,4-5,7H2,1H3;2-3,6H,4-5,7H2,1H3;2-3,6H,4-5H2,1H3;3*1-2H3. The molecule has 0 saturated heterocycles. The SMILES string of the molecule is CC.CC.CC.COCCOCC1=CN=CC1.COCCOCn1ccnc1.COCCn1ccnc1. The van der Waals surface area contributed by atoms with Crippen LogP contribution in [0.2, 0.25) is 0 Å². The first-order chi connectivity index (χ1) is 18.3. The first-order valence-electron chi connectivity index (χ1n) is 13.0. The number of hydrogen-bond acceptors (Lipinski definition) is 8. The van der Waals surface area contributed by atoms with Gasteiger partial charge in [0.1, 0.15) is 6.73 Å². The molecule has 1 aliphatic rings. The van der Waals surface area contributed by atoms with Crippen LogP contribution in [0.1, 0.15) is 48.0 Å². The van der Waals surface area contributed by atoms with Crippen molar-refractivity contribution in [2.75, 3.05) is 61.0 Å². The van der Waals surface area contributed by atoms with E-state index >= 15 is 0 Å². The highest BCUT2D eigenvalue weighted by Crippen LogP contribution is 2.05. The lowest BCUT2D eigenvalue weighted by Crippen LogP contribution is -2.05. The molecule has 3 heterocycles. The zero-order valence-electron chi connectivity index (χ0n) is 24.8. The molecule has 0 amide bonds. The summed E-state index contributed by atoms with van der Waals surface area (Å²) in [5, 5.41) is 0. The van der Waals surface area contributed by atoms with Gasteiger partial charge in [0, 0.05) is 71.5 Å². The predicted molar refractivity (Wildman–Crippen MR) is 152 cm³/mol. The van der Waals surface area contributed by atoms with E-state index in [0.29, 0.717) is 39.8 Å². The fourth-order valence-electron chi connectivity index (χ4n) is 2.11. The van der Waals surface area contributed by atoms with E-state index in [1.807, 2.05) is 75.5 Å². The zero-order chi connectivity index (χ0) is 28.4. The largest absolute Gasteiger partial charge is 0.383 e. The highest BCUT2D eigenvalue weighted by atomic mass is 16.5. The molecule has 0 unspecified atom stereocenters. The van der Waals surface area contributed by atoms with E-state index < -0.39 is 0 Å². The lowest BCUT2D eigenvalue weighted by atomic mass is 10.2. The molecule has 0 radical (unpaired) electrons. The first kappa shape index (κ1) is 39.1. The van der Waals surface area contributed by atoms with Crippen LogP contribution in [0.25, 0.3) is 0 Å². The van der Waals surface area contributed by atoms with E-state index in [0.717, 1.165) is 19.6 Å². The van der Waals surface area contributed by atoms with Gasteiger partial charge >= 0.3 is 0 Å². The number of methoxy groups -OCH3 is 3. The minimum absolute atomic E-state index is 0.545. The van der Waals surface area contributed by atoms with Crippen LogP contribution in [0.5, 0.6) is 0 Å². The van der Waals surface area contributed by atoms with Crippen molar-refractivity contribution in [2.24, 2.45) is 4.99 Å². The maximum Gasteiger partial charge on any atom is 0.123 e. The lowest BCUT2D eigenvalue weighted by Gasteiger charge is -2.02. The third-order valence-corrected chi connectivity index (χ3v) is 3.78. The Balaban J connectivity index is -0.000000426. The third kappa shape index (κ3) is 28.1. The van der Waals surface area contributed by atoms with E-state index in [-0.39, 0.29) is 0 Å². The van der Waals surface area contributed by atoms with Gasteiger partial charge in [-0.05, 0) is 5.57 Å². The summed E-state index contributed by atoms with van der Waals surface area (Å²) in [5.41, 5.74) is 1.24. The Labute approximate surface area is 225 Å². The number of ether oxygens (including phenoxy) is 5. The van der Waals surface area contributed by atoms with Crippen molar-refractivity contribution in [3.8, 4) is 0 Å². The van der Waals surface area contributed by atoms with Gasteiger partial charge in [0.2, 0.25) is 0 Å². The van der Waals surface area contributed by atoms with Gasteiger partial charge in [-0.15, -0.1) is 0 Å². The average molecular weight is 528 g/mol. The highest BCUT2D eigenvalue weighted by molar-refractivity contribution is 5.65. The van der Waals surface area contributed by atoms with Crippen molar-refractivity contribution in [3.05, 3.63) is 49.2 Å². The highest BCUT2D eigenvalue weighted by Gasteiger charge is 1.99. The number of aliphatic imine (C=N–C) groups is 1. The van der Waals surface area contributed by atoms with Crippen molar-refractivity contribution < 1.29 is 23.7 Å². The molecular weight excluding hydrogens is 474 g/mol. The second-order valence-corrected chi connectivity index (χ2v) is 6.27. The van der Waals surface area contributed by atoms with Crippen LogP contribution in [0.3, 0.4) is 0 Å². The summed E-state index contributed by atoms with van der Waals surface area (Å²) in [6.45, 7) is 17.4. The Bertz CT molecular complexity index is 677. The summed E-state index contributed by atoms with van der Waals surface area (Å²) in [6.07, 6.45) is 15.4. The molecular formula is C27H53N5O5. The van der Waals surface area contributed by atoms with Gasteiger partial charge in [-0.2, -0.15) is 0 Å². The Morgan fingerprint density at radius 1 is 0.703 bits per heavy atom. The number of hydrogen-bond donors (Lipinski definition) is 0. The predicted octanol–water partition coefficient (Wildman–Crippen LogP) is 5.12. The summed E-state index contributed by atoms with van der Waals surface area (Å²) in [5.74, 6) is 0. The summed E-state index contributed by atoms with van der Waals surface area (Å²) in [7, 11) is 5.01. The van der Waals surface area contributed by atoms with Crippen LogP contribution in [0.4, 0.5) is 0 Å². The number of nitrogens with zero attached hydrogens (tertiary/aromatic N) is 5. The van der Waals surface area contributed by atoms with E-state index in [4.69, 9.17) is 23.7 Å². The molecule has 0 saturated carbocycles. The molecule has 2 aromatic rings. The minimum atomic E-state index is 0.545. The molecule has 0 fully saturated rings. The number of aromatic nitrogens is 4. The third-order valence-electron chi connectivity index (χ3n) is 3.78. The summed E-state index contributed by atoms with van der Waals surface area (Å²) in [6, 6.07) is 0. The molecule has 216 valence electrons. The van der Waals surface area contributed by atoms with Gasteiger partial charge < -0.3 is 32.8 Å². The molecule has 0 bridgehead atoms. The van der Waals surface area contributed by atoms with Gasteiger partial charge in [0.25, 0.3) is 0 Å².